The van der Waals surface area contributed by atoms with Gasteiger partial charge in [0.1, 0.15) is 0 Å². The Morgan fingerprint density at radius 3 is 2.32 bits per heavy atom. The molecule has 2 aromatic rings. The van der Waals surface area contributed by atoms with Crippen molar-refractivity contribution in [2.75, 3.05) is 43.4 Å². The van der Waals surface area contributed by atoms with E-state index in [1.807, 2.05) is 42.5 Å². The first-order valence-electron chi connectivity index (χ1n) is 8.39. The number of nitrogens with zero attached hydrogens (tertiary/aromatic N) is 2. The van der Waals surface area contributed by atoms with E-state index >= 15 is 0 Å². The Hall–Kier alpha value is -0.910. The average Bonchev–Trinajstić information content (AvgIpc) is 2.61. The average molecular weight is 397 g/mol. The van der Waals surface area contributed by atoms with Gasteiger partial charge in [0.2, 0.25) is 0 Å². The van der Waals surface area contributed by atoms with Crippen LogP contribution in [0.2, 0.25) is 10.0 Å². The van der Waals surface area contributed by atoms with Crippen molar-refractivity contribution < 1.29 is 5.11 Å². The van der Waals surface area contributed by atoms with E-state index in [2.05, 4.69) is 15.9 Å². The number of benzene rings is 2. The Labute approximate surface area is 163 Å². The number of halogens is 2. The highest BCUT2D eigenvalue weighted by molar-refractivity contribution is 7.99. The molecule has 6 heteroatoms. The molecule has 1 unspecified atom stereocenters. The van der Waals surface area contributed by atoms with Gasteiger partial charge in [-0.3, -0.25) is 4.90 Å². The minimum absolute atomic E-state index is 0.346. The van der Waals surface area contributed by atoms with Gasteiger partial charge >= 0.3 is 0 Å². The van der Waals surface area contributed by atoms with Crippen LogP contribution in [0.4, 0.5) is 5.69 Å². The minimum atomic E-state index is -0.346. The molecule has 3 rings (SSSR count). The predicted molar refractivity (Wildman–Crippen MR) is 108 cm³/mol. The summed E-state index contributed by atoms with van der Waals surface area (Å²) in [6.07, 6.45) is -0.346. The zero-order valence-electron chi connectivity index (χ0n) is 13.9. The second kappa shape index (κ2) is 9.15. The van der Waals surface area contributed by atoms with Gasteiger partial charge in [0.05, 0.1) is 6.10 Å². The van der Waals surface area contributed by atoms with E-state index in [4.69, 9.17) is 23.2 Å². The van der Waals surface area contributed by atoms with Crippen LogP contribution in [-0.4, -0.2) is 54.6 Å². The lowest BCUT2D eigenvalue weighted by Crippen LogP contribution is -2.48. The maximum Gasteiger partial charge on any atom is 0.0760 e. The highest BCUT2D eigenvalue weighted by atomic mass is 35.5. The largest absolute Gasteiger partial charge is 0.391 e. The molecule has 25 heavy (non-hydrogen) atoms. The van der Waals surface area contributed by atoms with Crippen LogP contribution in [0.5, 0.6) is 0 Å². The van der Waals surface area contributed by atoms with Gasteiger partial charge < -0.3 is 10.0 Å². The number of rotatable bonds is 6. The summed E-state index contributed by atoms with van der Waals surface area (Å²) < 4.78 is 0. The van der Waals surface area contributed by atoms with Gasteiger partial charge in [0.25, 0.3) is 0 Å². The number of thioether (sulfide) groups is 1. The summed E-state index contributed by atoms with van der Waals surface area (Å²) in [5, 5.41) is 11.8. The summed E-state index contributed by atoms with van der Waals surface area (Å²) in [5.41, 5.74) is 1.17. The highest BCUT2D eigenvalue weighted by Crippen LogP contribution is 2.23. The summed E-state index contributed by atoms with van der Waals surface area (Å²) >= 11 is 13.7. The first-order valence-corrected chi connectivity index (χ1v) is 10.1. The molecular formula is C19H22Cl2N2OS. The molecule has 1 aliphatic heterocycles. The number of anilines is 1. The van der Waals surface area contributed by atoms with Crippen molar-refractivity contribution in [3.63, 3.8) is 0 Å². The number of β-amino-alcohol motifs (C(OH)–C–C–N with tert-alkyl or cyclic N) is 1. The van der Waals surface area contributed by atoms with Gasteiger partial charge in [0, 0.05) is 59.1 Å². The fourth-order valence-electron chi connectivity index (χ4n) is 2.96. The Balaban J connectivity index is 1.42. The summed E-state index contributed by atoms with van der Waals surface area (Å²) in [7, 11) is 0. The SMILES string of the molecule is OC(CSc1cccc(Cl)c1)CN1CCN(c2cccc(Cl)c2)CC1. The smallest absolute Gasteiger partial charge is 0.0760 e. The molecule has 0 bridgehead atoms. The molecule has 0 aliphatic carbocycles. The number of hydrogen-bond acceptors (Lipinski definition) is 4. The first kappa shape index (κ1) is 18.9. The van der Waals surface area contributed by atoms with Crippen LogP contribution in [0.15, 0.2) is 53.4 Å². The first-order chi connectivity index (χ1) is 12.1. The molecule has 0 saturated carbocycles. The summed E-state index contributed by atoms with van der Waals surface area (Å²) in [4.78, 5) is 5.76. The third kappa shape index (κ3) is 5.80. The molecule has 0 radical (unpaired) electrons. The van der Waals surface area contributed by atoms with E-state index in [0.717, 1.165) is 41.1 Å². The predicted octanol–water partition coefficient (Wildman–Crippen LogP) is 4.27. The fraction of sp³-hybridized carbons (Fsp3) is 0.368. The topological polar surface area (TPSA) is 26.7 Å². The molecule has 1 fully saturated rings. The molecule has 134 valence electrons. The van der Waals surface area contributed by atoms with Gasteiger partial charge in [-0.2, -0.15) is 0 Å². The van der Waals surface area contributed by atoms with Crippen molar-refractivity contribution in [3.8, 4) is 0 Å². The lowest BCUT2D eigenvalue weighted by atomic mass is 10.2. The monoisotopic (exact) mass is 396 g/mol. The Morgan fingerprint density at radius 1 is 0.960 bits per heavy atom. The molecule has 1 atom stereocenters. The Morgan fingerprint density at radius 2 is 1.64 bits per heavy atom. The van der Waals surface area contributed by atoms with E-state index in [1.165, 1.54) is 5.69 Å². The van der Waals surface area contributed by atoms with Crippen LogP contribution >= 0.6 is 35.0 Å². The normalized spacial score (nSPS) is 16.8. The molecule has 1 saturated heterocycles. The lowest BCUT2D eigenvalue weighted by molar-refractivity contribution is 0.126. The quantitative estimate of drug-likeness (QED) is 0.737. The maximum atomic E-state index is 10.3. The molecule has 0 amide bonds. The van der Waals surface area contributed by atoms with Crippen LogP contribution in [0.3, 0.4) is 0 Å². The van der Waals surface area contributed by atoms with Crippen molar-refractivity contribution in [1.82, 2.24) is 4.90 Å². The van der Waals surface area contributed by atoms with Crippen LogP contribution in [0.25, 0.3) is 0 Å². The van der Waals surface area contributed by atoms with Crippen molar-refractivity contribution in [2.24, 2.45) is 0 Å². The van der Waals surface area contributed by atoms with E-state index < -0.39 is 0 Å². The second-order valence-electron chi connectivity index (χ2n) is 6.19. The highest BCUT2D eigenvalue weighted by Gasteiger charge is 2.19. The van der Waals surface area contributed by atoms with Gasteiger partial charge in [-0.25, -0.2) is 0 Å². The molecular weight excluding hydrogens is 375 g/mol. The molecule has 2 aromatic carbocycles. The third-order valence-electron chi connectivity index (χ3n) is 4.25. The standard InChI is InChI=1S/C19H22Cl2N2OS/c20-15-3-1-5-17(11-15)23-9-7-22(8-10-23)13-18(24)14-25-19-6-2-4-16(21)12-19/h1-6,11-12,18,24H,7-10,13-14H2. The lowest BCUT2D eigenvalue weighted by Gasteiger charge is -2.37. The van der Waals surface area contributed by atoms with Gasteiger partial charge in [0.15, 0.2) is 0 Å². The number of piperazine rings is 1. The van der Waals surface area contributed by atoms with E-state index in [9.17, 15) is 5.11 Å². The number of aliphatic hydroxyl groups excluding tert-OH is 1. The Bertz CT molecular complexity index is 693. The molecule has 1 heterocycles. The van der Waals surface area contributed by atoms with Crippen molar-refractivity contribution >= 4 is 40.7 Å². The summed E-state index contributed by atoms with van der Waals surface area (Å²) in [6.45, 7) is 4.51. The summed E-state index contributed by atoms with van der Waals surface area (Å²) in [6, 6.07) is 15.7. The molecule has 0 aromatic heterocycles. The van der Waals surface area contributed by atoms with Gasteiger partial charge in [-0.05, 0) is 36.4 Å². The van der Waals surface area contributed by atoms with Crippen LogP contribution in [-0.2, 0) is 0 Å². The number of aliphatic hydroxyl groups is 1. The second-order valence-corrected chi connectivity index (χ2v) is 8.16. The van der Waals surface area contributed by atoms with E-state index in [1.54, 1.807) is 11.8 Å². The fourth-order valence-corrected chi connectivity index (χ4v) is 4.28. The third-order valence-corrected chi connectivity index (χ3v) is 5.86. The molecule has 1 aliphatic rings. The van der Waals surface area contributed by atoms with Crippen molar-refractivity contribution in [2.45, 2.75) is 11.0 Å². The van der Waals surface area contributed by atoms with Crippen LogP contribution in [0, 0.1) is 0 Å². The number of hydrogen-bond donors (Lipinski definition) is 1. The molecule has 3 nitrogen and oxygen atoms in total. The zero-order valence-corrected chi connectivity index (χ0v) is 16.3. The molecule has 1 N–H and O–H groups in total. The molecule has 0 spiro atoms. The Kier molecular flexibility index (Phi) is 6.91. The van der Waals surface area contributed by atoms with Gasteiger partial charge in [-0.1, -0.05) is 35.3 Å². The van der Waals surface area contributed by atoms with E-state index in [0.29, 0.717) is 12.3 Å². The summed E-state index contributed by atoms with van der Waals surface area (Å²) in [5.74, 6) is 0.675. The van der Waals surface area contributed by atoms with E-state index in [-0.39, 0.29) is 6.10 Å². The zero-order chi connectivity index (χ0) is 17.6. The van der Waals surface area contributed by atoms with Gasteiger partial charge in [-0.15, -0.1) is 11.8 Å². The minimum Gasteiger partial charge on any atom is -0.391 e. The maximum absolute atomic E-state index is 10.3. The van der Waals surface area contributed by atoms with Crippen LogP contribution < -0.4 is 4.90 Å². The van der Waals surface area contributed by atoms with Crippen molar-refractivity contribution in [1.29, 1.82) is 0 Å². The van der Waals surface area contributed by atoms with Crippen molar-refractivity contribution in [3.05, 3.63) is 58.6 Å². The van der Waals surface area contributed by atoms with Crippen LogP contribution in [0.1, 0.15) is 0 Å².